The van der Waals surface area contributed by atoms with Gasteiger partial charge in [0, 0.05) is 23.6 Å². The molecule has 1 aliphatic heterocycles. The minimum atomic E-state index is -2.11. The van der Waals surface area contributed by atoms with Crippen LogP contribution in [0.5, 0.6) is 0 Å². The lowest BCUT2D eigenvalue weighted by Gasteiger charge is -2.45. The summed E-state index contributed by atoms with van der Waals surface area (Å²) < 4.78 is 9.17. The molecule has 2 aromatic heterocycles. The maximum absolute atomic E-state index is 13.0. The highest BCUT2D eigenvalue weighted by Gasteiger charge is 2.44. The number of imidazole rings is 1. The van der Waals surface area contributed by atoms with Crippen molar-refractivity contribution in [1.82, 2.24) is 19.4 Å². The first-order valence-electron chi connectivity index (χ1n) is 10.5. The number of likely N-dealkylation sites (tertiary alicyclic amines) is 1. The van der Waals surface area contributed by atoms with E-state index in [1.54, 1.807) is 17.1 Å². The third-order valence-corrected chi connectivity index (χ3v) is 11.4. The molecule has 1 N–H and O–H groups in total. The van der Waals surface area contributed by atoms with Crippen LogP contribution in [-0.4, -0.2) is 63.4 Å². The number of ketones is 1. The normalized spacial score (nSPS) is 20.3. The van der Waals surface area contributed by atoms with Crippen LogP contribution >= 0.6 is 15.9 Å². The number of piperidine rings is 1. The first kappa shape index (κ1) is 23.9. The average molecular weight is 511 g/mol. The van der Waals surface area contributed by atoms with Gasteiger partial charge in [0.2, 0.25) is 0 Å². The molecule has 0 aliphatic carbocycles. The van der Waals surface area contributed by atoms with Gasteiger partial charge in [-0.05, 0) is 53.0 Å². The van der Waals surface area contributed by atoms with Gasteiger partial charge in [0.1, 0.15) is 0 Å². The van der Waals surface area contributed by atoms with E-state index in [0.717, 1.165) is 22.8 Å². The number of rotatable bonds is 6. The molecule has 170 valence electrons. The fraction of sp³-hybridized carbons (Fsp3) is 0.619. The van der Waals surface area contributed by atoms with Crippen LogP contribution < -0.4 is 0 Å². The van der Waals surface area contributed by atoms with Crippen LogP contribution in [0.25, 0.3) is 11.2 Å². The third kappa shape index (κ3) is 5.35. The SMILES string of the molecule is CC(C)(C)[Si](C)(C)O[C@H]1CCCN(C(=O)O)[C@@H]1CC(=O)Cn1cnc2ncc(Br)cc21. The van der Waals surface area contributed by atoms with Crippen LogP contribution in [0.1, 0.15) is 40.0 Å². The number of carbonyl (C=O) groups is 2. The molecule has 3 heterocycles. The zero-order valence-electron chi connectivity index (χ0n) is 18.8. The Balaban J connectivity index is 1.80. The van der Waals surface area contributed by atoms with Crippen molar-refractivity contribution in [3.8, 4) is 0 Å². The summed E-state index contributed by atoms with van der Waals surface area (Å²) in [7, 11) is -2.11. The molecule has 1 aliphatic rings. The monoisotopic (exact) mass is 510 g/mol. The quantitative estimate of drug-likeness (QED) is 0.566. The molecule has 2 atom stereocenters. The Hall–Kier alpha value is -1.78. The summed E-state index contributed by atoms with van der Waals surface area (Å²) in [6, 6.07) is 1.39. The van der Waals surface area contributed by atoms with Crippen molar-refractivity contribution in [2.45, 2.75) is 76.9 Å². The van der Waals surface area contributed by atoms with Crippen LogP contribution in [0.4, 0.5) is 4.79 Å². The van der Waals surface area contributed by atoms with Gasteiger partial charge >= 0.3 is 6.09 Å². The number of pyridine rings is 1. The second-order valence-corrected chi connectivity index (χ2v) is 15.4. The van der Waals surface area contributed by atoms with E-state index in [2.05, 4.69) is 59.8 Å². The Labute approximate surface area is 192 Å². The van der Waals surface area contributed by atoms with E-state index in [1.807, 2.05) is 6.07 Å². The molecule has 0 saturated carbocycles. The second kappa shape index (κ2) is 8.99. The predicted octanol–water partition coefficient (Wildman–Crippen LogP) is 4.69. The molecule has 1 amide bonds. The summed E-state index contributed by atoms with van der Waals surface area (Å²) in [5.41, 5.74) is 1.33. The van der Waals surface area contributed by atoms with Gasteiger partial charge in [-0.25, -0.2) is 14.8 Å². The number of fused-ring (bicyclic) bond motifs is 1. The summed E-state index contributed by atoms with van der Waals surface area (Å²) >= 11 is 3.40. The third-order valence-electron chi connectivity index (χ3n) is 6.44. The lowest BCUT2D eigenvalue weighted by molar-refractivity contribution is -0.122. The first-order valence-corrected chi connectivity index (χ1v) is 14.2. The Morgan fingerprint density at radius 3 is 2.68 bits per heavy atom. The highest BCUT2D eigenvalue weighted by Crippen LogP contribution is 2.39. The lowest BCUT2D eigenvalue weighted by atomic mass is 9.95. The maximum Gasteiger partial charge on any atom is 0.407 e. The van der Waals surface area contributed by atoms with Crippen LogP contribution in [0.2, 0.25) is 18.1 Å². The number of hydrogen-bond donors (Lipinski definition) is 1. The van der Waals surface area contributed by atoms with Crippen molar-refractivity contribution >= 4 is 47.3 Å². The summed E-state index contributed by atoms with van der Waals surface area (Å²) in [4.78, 5) is 34.8. The van der Waals surface area contributed by atoms with Gasteiger partial charge < -0.3 is 19.0 Å². The van der Waals surface area contributed by atoms with Crippen LogP contribution in [0, 0.1) is 0 Å². The zero-order chi connectivity index (χ0) is 23.0. The van der Waals surface area contributed by atoms with Crippen molar-refractivity contribution in [2.24, 2.45) is 0 Å². The van der Waals surface area contributed by atoms with Gasteiger partial charge in [-0.15, -0.1) is 0 Å². The summed E-state index contributed by atoms with van der Waals surface area (Å²) in [6.45, 7) is 11.3. The zero-order valence-corrected chi connectivity index (χ0v) is 21.3. The molecule has 0 aromatic carbocycles. The molecule has 0 spiro atoms. The first-order chi connectivity index (χ1) is 14.4. The lowest BCUT2D eigenvalue weighted by Crippen LogP contribution is -2.56. The highest BCUT2D eigenvalue weighted by molar-refractivity contribution is 9.10. The average Bonchev–Trinajstić information content (AvgIpc) is 3.03. The van der Waals surface area contributed by atoms with E-state index in [-0.39, 0.29) is 29.9 Å². The number of hydrogen-bond acceptors (Lipinski definition) is 5. The van der Waals surface area contributed by atoms with Gasteiger partial charge in [0.15, 0.2) is 19.7 Å². The van der Waals surface area contributed by atoms with Crippen molar-refractivity contribution in [3.05, 3.63) is 23.1 Å². The largest absolute Gasteiger partial charge is 0.465 e. The highest BCUT2D eigenvalue weighted by atomic mass is 79.9. The molecule has 2 aromatic rings. The molecule has 0 radical (unpaired) electrons. The minimum absolute atomic E-state index is 0.00315. The van der Waals surface area contributed by atoms with Crippen molar-refractivity contribution in [3.63, 3.8) is 0 Å². The standard InChI is InChI=1S/C21H31BrN4O4Si/c1-21(2,3)31(4,5)30-18-7-6-8-26(20(28)29)16(18)10-15(27)12-25-13-24-19-17(25)9-14(22)11-23-19/h9,11,13,16,18H,6-8,10,12H2,1-5H3,(H,28,29)/t16-,18+/m1/s1. The number of carboxylic acid groups (broad SMARTS) is 1. The fourth-order valence-corrected chi connectivity index (χ4v) is 5.43. The number of carbonyl (C=O) groups excluding carboxylic acids is 1. The second-order valence-electron chi connectivity index (χ2n) is 9.71. The Morgan fingerprint density at radius 1 is 1.32 bits per heavy atom. The van der Waals surface area contributed by atoms with Gasteiger partial charge in [-0.2, -0.15) is 0 Å². The summed E-state index contributed by atoms with van der Waals surface area (Å²) in [5.74, 6) is -0.0544. The van der Waals surface area contributed by atoms with Gasteiger partial charge in [0.25, 0.3) is 0 Å². The Kier molecular flexibility index (Phi) is 6.92. The van der Waals surface area contributed by atoms with E-state index in [0.29, 0.717) is 12.2 Å². The molecular formula is C21H31BrN4O4Si. The number of halogens is 1. The smallest absolute Gasteiger partial charge is 0.407 e. The van der Waals surface area contributed by atoms with E-state index in [1.165, 1.54) is 4.90 Å². The van der Waals surface area contributed by atoms with Gasteiger partial charge in [-0.3, -0.25) is 4.79 Å². The molecule has 1 saturated heterocycles. The Morgan fingerprint density at radius 2 is 2.03 bits per heavy atom. The molecule has 0 unspecified atom stereocenters. The number of nitrogens with zero attached hydrogens (tertiary/aromatic N) is 4. The fourth-order valence-electron chi connectivity index (χ4n) is 3.73. The molecule has 8 nitrogen and oxygen atoms in total. The molecule has 31 heavy (non-hydrogen) atoms. The van der Waals surface area contributed by atoms with Crippen molar-refractivity contribution < 1.29 is 19.1 Å². The van der Waals surface area contributed by atoms with E-state index >= 15 is 0 Å². The van der Waals surface area contributed by atoms with Gasteiger partial charge in [-0.1, -0.05) is 20.8 Å². The molecule has 1 fully saturated rings. The number of amides is 1. The number of Topliss-reactive ketones (excluding diaryl/α,β-unsaturated/α-hetero) is 1. The Bertz CT molecular complexity index is 972. The molecule has 3 rings (SSSR count). The van der Waals surface area contributed by atoms with Crippen molar-refractivity contribution in [2.75, 3.05) is 6.54 Å². The van der Waals surface area contributed by atoms with Crippen LogP contribution in [0.15, 0.2) is 23.1 Å². The summed E-state index contributed by atoms with van der Waals surface area (Å²) in [6.07, 6.45) is 3.61. The maximum atomic E-state index is 13.0. The van der Waals surface area contributed by atoms with Gasteiger partial charge in [0.05, 0.1) is 30.5 Å². The molecule has 10 heteroatoms. The predicted molar refractivity (Wildman–Crippen MR) is 125 cm³/mol. The summed E-state index contributed by atoms with van der Waals surface area (Å²) in [5, 5.41) is 9.77. The van der Waals surface area contributed by atoms with Crippen LogP contribution in [0.3, 0.4) is 0 Å². The molecule has 0 bridgehead atoms. The minimum Gasteiger partial charge on any atom is -0.465 e. The topological polar surface area (TPSA) is 97.6 Å². The van der Waals surface area contributed by atoms with Crippen LogP contribution in [-0.2, 0) is 15.8 Å². The van der Waals surface area contributed by atoms with E-state index < -0.39 is 20.5 Å². The number of aromatic nitrogens is 3. The van der Waals surface area contributed by atoms with E-state index in [4.69, 9.17) is 4.43 Å². The van der Waals surface area contributed by atoms with E-state index in [9.17, 15) is 14.7 Å². The van der Waals surface area contributed by atoms with Crippen molar-refractivity contribution in [1.29, 1.82) is 0 Å². The molecular weight excluding hydrogens is 480 g/mol.